The van der Waals surface area contributed by atoms with Crippen LogP contribution < -0.4 is 9.47 Å². The highest BCUT2D eigenvalue weighted by molar-refractivity contribution is 6.30. The zero-order valence-electron chi connectivity index (χ0n) is 25.7. The molecule has 0 unspecified atom stereocenters. The molecule has 0 saturated heterocycles. The Morgan fingerprint density at radius 3 is 1.57 bits per heavy atom. The molecule has 8 nitrogen and oxygen atoms in total. The Kier molecular flexibility index (Phi) is 10.1. The van der Waals surface area contributed by atoms with Gasteiger partial charge in [0, 0.05) is 42.9 Å². The number of aryl methyl sites for hydroxylation is 3. The third-order valence-electron chi connectivity index (χ3n) is 7.09. The number of nitriles is 2. The average molecular weight is 627 g/mol. The summed E-state index contributed by atoms with van der Waals surface area (Å²) in [5, 5.41) is 19.3. The van der Waals surface area contributed by atoms with E-state index in [-0.39, 0.29) is 0 Å². The Balaban J connectivity index is 0.000000181. The summed E-state index contributed by atoms with van der Waals surface area (Å²) in [6.07, 6.45) is 10.8. The third kappa shape index (κ3) is 8.21. The maximum Gasteiger partial charge on any atom is 0.145 e. The topological polar surface area (TPSA) is 102 Å². The van der Waals surface area contributed by atoms with E-state index in [1.807, 2.05) is 84.8 Å². The zero-order chi connectivity index (χ0) is 32.5. The number of hydrogen-bond donors (Lipinski definition) is 0. The van der Waals surface area contributed by atoms with Crippen molar-refractivity contribution in [3.05, 3.63) is 154 Å². The SMILES string of the molecule is Cc1cc(Cl)ccc1Oc1cc(Cn2ccnc2)ccc1C#N.Cc1ccc(Oc2cc(Cn3ccnc3)ccc2C#N)c(C)c1. The summed E-state index contributed by atoms with van der Waals surface area (Å²) in [6, 6.07) is 27.0. The normalized spacial score (nSPS) is 10.3. The van der Waals surface area contributed by atoms with Crippen molar-refractivity contribution in [3.63, 3.8) is 0 Å². The molecule has 0 aliphatic rings. The van der Waals surface area contributed by atoms with Crippen LogP contribution >= 0.6 is 11.6 Å². The highest BCUT2D eigenvalue weighted by Gasteiger charge is 2.10. The lowest BCUT2D eigenvalue weighted by molar-refractivity contribution is 0.476. The Labute approximate surface area is 273 Å². The van der Waals surface area contributed by atoms with Gasteiger partial charge in [-0.1, -0.05) is 41.4 Å². The summed E-state index contributed by atoms with van der Waals surface area (Å²) >= 11 is 5.97. The molecule has 0 saturated carbocycles. The van der Waals surface area contributed by atoms with E-state index in [9.17, 15) is 10.5 Å². The van der Waals surface area contributed by atoms with Gasteiger partial charge in [0.05, 0.1) is 23.8 Å². The monoisotopic (exact) mass is 626 g/mol. The van der Waals surface area contributed by atoms with Crippen LogP contribution in [0.25, 0.3) is 0 Å². The molecule has 0 spiro atoms. The van der Waals surface area contributed by atoms with Gasteiger partial charge in [0.2, 0.25) is 0 Å². The first-order valence-electron chi connectivity index (χ1n) is 14.5. The predicted molar refractivity (Wildman–Crippen MR) is 177 cm³/mol. The number of benzene rings is 4. The van der Waals surface area contributed by atoms with Crippen molar-refractivity contribution in [2.24, 2.45) is 0 Å². The van der Waals surface area contributed by atoms with Crippen molar-refractivity contribution in [2.45, 2.75) is 33.9 Å². The van der Waals surface area contributed by atoms with E-state index in [2.05, 4.69) is 28.2 Å². The lowest BCUT2D eigenvalue weighted by atomic mass is 10.1. The molecular weight excluding hydrogens is 596 g/mol. The van der Waals surface area contributed by atoms with Gasteiger partial charge in [-0.3, -0.25) is 0 Å². The molecule has 228 valence electrons. The van der Waals surface area contributed by atoms with E-state index in [4.69, 9.17) is 21.1 Å². The van der Waals surface area contributed by atoms with E-state index in [0.717, 1.165) is 28.0 Å². The van der Waals surface area contributed by atoms with Crippen molar-refractivity contribution in [3.8, 4) is 35.1 Å². The summed E-state index contributed by atoms with van der Waals surface area (Å²) in [7, 11) is 0. The molecule has 0 amide bonds. The minimum Gasteiger partial charge on any atom is -0.456 e. The predicted octanol–water partition coefficient (Wildman–Crippen LogP) is 8.77. The van der Waals surface area contributed by atoms with Crippen LogP contribution in [0.15, 0.2) is 110 Å². The minimum absolute atomic E-state index is 0.494. The van der Waals surface area contributed by atoms with Crippen molar-refractivity contribution in [1.29, 1.82) is 10.5 Å². The molecule has 0 fully saturated rings. The van der Waals surface area contributed by atoms with Gasteiger partial charge in [0.15, 0.2) is 0 Å². The van der Waals surface area contributed by atoms with Gasteiger partial charge in [-0.2, -0.15) is 10.5 Å². The Morgan fingerprint density at radius 2 is 1.13 bits per heavy atom. The van der Waals surface area contributed by atoms with E-state index in [0.29, 0.717) is 46.5 Å². The fraction of sp³-hybridized carbons (Fsp3) is 0.135. The van der Waals surface area contributed by atoms with Crippen molar-refractivity contribution in [2.75, 3.05) is 0 Å². The molecule has 6 aromatic rings. The van der Waals surface area contributed by atoms with Crippen LogP contribution in [0.2, 0.25) is 5.02 Å². The van der Waals surface area contributed by atoms with Crippen LogP contribution in [-0.2, 0) is 13.1 Å². The Hall–Kier alpha value is -5.83. The smallest absolute Gasteiger partial charge is 0.145 e. The van der Waals surface area contributed by atoms with Crippen LogP contribution in [0.3, 0.4) is 0 Å². The Bertz CT molecular complexity index is 1880. The lowest BCUT2D eigenvalue weighted by Crippen LogP contribution is -1.98. The second-order valence-electron chi connectivity index (χ2n) is 10.7. The summed E-state index contributed by atoms with van der Waals surface area (Å²) in [5.74, 6) is 2.57. The Morgan fingerprint density at radius 1 is 0.630 bits per heavy atom. The van der Waals surface area contributed by atoms with Gasteiger partial charge in [0.25, 0.3) is 0 Å². The molecule has 2 heterocycles. The minimum atomic E-state index is 0.494. The summed E-state index contributed by atoms with van der Waals surface area (Å²) < 4.78 is 15.9. The molecule has 0 bridgehead atoms. The molecule has 9 heteroatoms. The van der Waals surface area contributed by atoms with E-state index < -0.39 is 0 Å². The number of aromatic nitrogens is 4. The number of imidazole rings is 2. The number of nitrogens with zero attached hydrogens (tertiary/aromatic N) is 6. The number of ether oxygens (including phenoxy) is 2. The molecule has 0 N–H and O–H groups in total. The average Bonchev–Trinajstić information content (AvgIpc) is 3.76. The largest absolute Gasteiger partial charge is 0.456 e. The highest BCUT2D eigenvalue weighted by Crippen LogP contribution is 2.31. The molecule has 0 aliphatic heterocycles. The van der Waals surface area contributed by atoms with Crippen LogP contribution in [0.5, 0.6) is 23.0 Å². The zero-order valence-corrected chi connectivity index (χ0v) is 26.4. The van der Waals surface area contributed by atoms with Gasteiger partial charge < -0.3 is 18.6 Å². The van der Waals surface area contributed by atoms with Crippen molar-refractivity contribution >= 4 is 11.6 Å². The summed E-state index contributed by atoms with van der Waals surface area (Å²) in [6.45, 7) is 7.33. The first-order chi connectivity index (χ1) is 22.3. The molecule has 6 rings (SSSR count). The first kappa shape index (κ1) is 31.6. The maximum absolute atomic E-state index is 9.31. The fourth-order valence-corrected chi connectivity index (χ4v) is 4.97. The van der Waals surface area contributed by atoms with E-state index in [1.54, 1.807) is 49.3 Å². The second kappa shape index (κ2) is 14.8. The number of rotatable bonds is 8. The van der Waals surface area contributed by atoms with E-state index >= 15 is 0 Å². The molecule has 4 aromatic carbocycles. The lowest BCUT2D eigenvalue weighted by Gasteiger charge is -2.12. The molecule has 0 radical (unpaired) electrons. The molecule has 2 aromatic heterocycles. The maximum atomic E-state index is 9.31. The molecule has 0 aliphatic carbocycles. The first-order valence-corrected chi connectivity index (χ1v) is 14.9. The van der Waals surface area contributed by atoms with Crippen LogP contribution in [0, 0.1) is 43.4 Å². The third-order valence-corrected chi connectivity index (χ3v) is 7.32. The van der Waals surface area contributed by atoms with Crippen LogP contribution in [0.1, 0.15) is 38.9 Å². The standard InChI is InChI=1S/C19H17N3O.C18H14ClN3O/c1-14-3-6-18(15(2)9-14)23-19-10-16(4-5-17(19)11-20)12-22-8-7-21-13-22;1-13-8-16(19)4-5-17(13)23-18-9-14(2-3-15(18)10-20)11-22-7-6-21-12-22/h3-10,13H,12H2,1-2H3;2-9,12H,11H2,1H3. The van der Waals surface area contributed by atoms with Gasteiger partial charge in [-0.15, -0.1) is 0 Å². The van der Waals surface area contributed by atoms with Crippen molar-refractivity contribution in [1.82, 2.24) is 19.1 Å². The van der Waals surface area contributed by atoms with Gasteiger partial charge in [-0.05, 0) is 91.6 Å². The van der Waals surface area contributed by atoms with Crippen LogP contribution in [-0.4, -0.2) is 19.1 Å². The molecular formula is C37H31ClN6O2. The van der Waals surface area contributed by atoms with Crippen LogP contribution in [0.4, 0.5) is 0 Å². The van der Waals surface area contributed by atoms with Crippen molar-refractivity contribution < 1.29 is 9.47 Å². The number of halogens is 1. The van der Waals surface area contributed by atoms with Gasteiger partial charge >= 0.3 is 0 Å². The van der Waals surface area contributed by atoms with E-state index in [1.165, 1.54) is 5.56 Å². The van der Waals surface area contributed by atoms with Gasteiger partial charge in [0.1, 0.15) is 35.1 Å². The summed E-state index contributed by atoms with van der Waals surface area (Å²) in [4.78, 5) is 8.07. The fourth-order valence-electron chi connectivity index (χ4n) is 4.74. The highest BCUT2D eigenvalue weighted by atomic mass is 35.5. The second-order valence-corrected chi connectivity index (χ2v) is 11.2. The summed E-state index contributed by atoms with van der Waals surface area (Å²) in [5.41, 5.74) is 6.26. The number of hydrogen-bond acceptors (Lipinski definition) is 6. The van der Waals surface area contributed by atoms with Gasteiger partial charge in [-0.25, -0.2) is 9.97 Å². The molecule has 0 atom stereocenters. The molecule has 46 heavy (non-hydrogen) atoms. The quantitative estimate of drug-likeness (QED) is 0.167.